The molecule has 1 aliphatic rings. The van der Waals surface area contributed by atoms with Crippen LogP contribution in [0, 0.1) is 0 Å². The number of nitrogens with one attached hydrogen (secondary N) is 1. The minimum atomic E-state index is -0.547. The van der Waals surface area contributed by atoms with Crippen LogP contribution in [0.15, 0.2) is 36.4 Å². The second-order valence-electron chi connectivity index (χ2n) is 6.05. The smallest absolute Gasteiger partial charge is 0.0909 e. The van der Waals surface area contributed by atoms with E-state index in [1.807, 2.05) is 6.07 Å². The van der Waals surface area contributed by atoms with Crippen molar-refractivity contribution in [3.63, 3.8) is 0 Å². The molecule has 0 radical (unpaired) electrons. The number of benzene rings is 1. The highest BCUT2D eigenvalue weighted by atomic mass is 16.3. The van der Waals surface area contributed by atoms with Gasteiger partial charge >= 0.3 is 0 Å². The van der Waals surface area contributed by atoms with Crippen LogP contribution in [0.2, 0.25) is 0 Å². The van der Waals surface area contributed by atoms with Crippen molar-refractivity contribution in [2.75, 3.05) is 32.7 Å². The summed E-state index contributed by atoms with van der Waals surface area (Å²) >= 11 is 0. The molecule has 1 fully saturated rings. The Morgan fingerprint density at radius 3 is 2.81 bits per heavy atom. The van der Waals surface area contributed by atoms with Gasteiger partial charge in [-0.15, -0.1) is 0 Å². The third kappa shape index (κ3) is 5.62. The molecule has 1 saturated heterocycles. The summed E-state index contributed by atoms with van der Waals surface area (Å²) in [7, 11) is 0. The highest BCUT2D eigenvalue weighted by molar-refractivity contribution is 5.48. The lowest BCUT2D eigenvalue weighted by Crippen LogP contribution is -2.45. The van der Waals surface area contributed by atoms with Gasteiger partial charge in [-0.2, -0.15) is 0 Å². The highest BCUT2D eigenvalue weighted by Gasteiger charge is 2.32. The van der Waals surface area contributed by atoms with E-state index in [1.165, 1.54) is 18.4 Å². The molecule has 0 saturated carbocycles. The van der Waals surface area contributed by atoms with E-state index >= 15 is 0 Å². The van der Waals surface area contributed by atoms with Gasteiger partial charge in [0.15, 0.2) is 0 Å². The van der Waals surface area contributed by atoms with Gasteiger partial charge in [0.2, 0.25) is 0 Å². The van der Waals surface area contributed by atoms with Crippen molar-refractivity contribution in [2.24, 2.45) is 0 Å². The third-order valence-corrected chi connectivity index (χ3v) is 4.04. The van der Waals surface area contributed by atoms with Gasteiger partial charge in [-0.1, -0.05) is 55.8 Å². The Morgan fingerprint density at radius 2 is 2.14 bits per heavy atom. The number of aliphatic hydroxyl groups is 1. The predicted molar refractivity (Wildman–Crippen MR) is 89.3 cm³/mol. The fourth-order valence-corrected chi connectivity index (χ4v) is 2.80. The monoisotopic (exact) mass is 288 g/mol. The van der Waals surface area contributed by atoms with E-state index in [-0.39, 0.29) is 0 Å². The molecule has 1 aromatic rings. The van der Waals surface area contributed by atoms with Crippen molar-refractivity contribution in [3.05, 3.63) is 42.0 Å². The van der Waals surface area contributed by atoms with E-state index in [2.05, 4.69) is 53.6 Å². The summed E-state index contributed by atoms with van der Waals surface area (Å²) in [4.78, 5) is 2.37. The number of nitrogens with zero attached hydrogens (tertiary/aromatic N) is 1. The Morgan fingerprint density at radius 1 is 1.33 bits per heavy atom. The summed E-state index contributed by atoms with van der Waals surface area (Å²) in [5, 5.41) is 13.8. The van der Waals surface area contributed by atoms with Gasteiger partial charge in [-0.05, 0) is 31.5 Å². The third-order valence-electron chi connectivity index (χ3n) is 4.04. The zero-order chi connectivity index (χ0) is 15.0. The number of hydrogen-bond donors (Lipinski definition) is 2. The van der Waals surface area contributed by atoms with Crippen molar-refractivity contribution >= 4 is 6.08 Å². The van der Waals surface area contributed by atoms with E-state index in [4.69, 9.17) is 0 Å². The Bertz CT molecular complexity index is 424. The minimum Gasteiger partial charge on any atom is -0.387 e. The lowest BCUT2D eigenvalue weighted by Gasteiger charge is -2.30. The molecule has 0 unspecified atom stereocenters. The van der Waals surface area contributed by atoms with E-state index in [0.717, 1.165) is 39.1 Å². The molecular weight excluding hydrogens is 260 g/mol. The van der Waals surface area contributed by atoms with Crippen LogP contribution in [0.25, 0.3) is 6.08 Å². The fourth-order valence-electron chi connectivity index (χ4n) is 2.80. The van der Waals surface area contributed by atoms with Crippen LogP contribution in [0.3, 0.4) is 0 Å². The fraction of sp³-hybridized carbons (Fsp3) is 0.556. The van der Waals surface area contributed by atoms with Crippen LogP contribution >= 0.6 is 0 Å². The first-order valence-corrected chi connectivity index (χ1v) is 8.09. The van der Waals surface area contributed by atoms with Crippen molar-refractivity contribution in [3.8, 4) is 0 Å². The van der Waals surface area contributed by atoms with Crippen molar-refractivity contribution < 1.29 is 5.11 Å². The highest BCUT2D eigenvalue weighted by Crippen LogP contribution is 2.16. The van der Waals surface area contributed by atoms with E-state index in [1.54, 1.807) is 0 Å². The molecule has 0 spiro atoms. The van der Waals surface area contributed by atoms with Crippen LogP contribution in [-0.2, 0) is 0 Å². The van der Waals surface area contributed by atoms with Gasteiger partial charge < -0.3 is 10.4 Å². The molecule has 2 N–H and O–H groups in total. The van der Waals surface area contributed by atoms with Crippen molar-refractivity contribution in [1.29, 1.82) is 0 Å². The molecule has 0 aliphatic carbocycles. The number of hydrogen-bond acceptors (Lipinski definition) is 3. The molecule has 3 heteroatoms. The average Bonchev–Trinajstić information content (AvgIpc) is 2.92. The summed E-state index contributed by atoms with van der Waals surface area (Å²) in [6.07, 6.45) is 7.60. The summed E-state index contributed by atoms with van der Waals surface area (Å²) < 4.78 is 0. The Balaban J connectivity index is 1.88. The molecule has 1 aromatic carbocycles. The summed E-state index contributed by atoms with van der Waals surface area (Å²) in [5.74, 6) is 0. The Kier molecular flexibility index (Phi) is 6.43. The Hall–Kier alpha value is -1.16. The molecule has 0 bridgehead atoms. The normalized spacial score (nSPS) is 22.4. The van der Waals surface area contributed by atoms with Gasteiger partial charge in [-0.25, -0.2) is 0 Å². The van der Waals surface area contributed by atoms with Gasteiger partial charge in [-0.3, -0.25) is 4.90 Å². The first kappa shape index (κ1) is 16.2. The first-order valence-electron chi connectivity index (χ1n) is 8.09. The van der Waals surface area contributed by atoms with Crippen LogP contribution in [0.4, 0.5) is 0 Å². The minimum absolute atomic E-state index is 0.547. The Labute approximate surface area is 128 Å². The number of rotatable bonds is 8. The second kappa shape index (κ2) is 8.32. The molecule has 1 aliphatic heterocycles. The molecular formula is C18H28N2O. The molecule has 0 aromatic heterocycles. The van der Waals surface area contributed by atoms with Gasteiger partial charge in [0.25, 0.3) is 0 Å². The maximum absolute atomic E-state index is 10.5. The molecule has 0 amide bonds. The van der Waals surface area contributed by atoms with E-state index < -0.39 is 5.60 Å². The maximum atomic E-state index is 10.5. The zero-order valence-corrected chi connectivity index (χ0v) is 13.1. The molecule has 2 rings (SSSR count). The van der Waals surface area contributed by atoms with E-state index in [9.17, 15) is 5.11 Å². The summed E-state index contributed by atoms with van der Waals surface area (Å²) in [6, 6.07) is 10.4. The standard InChI is InChI=1S/C18H28N2O/c1-2-3-13-20(16-18(21)11-12-19-15-18)14-7-10-17-8-5-4-6-9-17/h4-10,19,21H,2-3,11-16H2,1H3/b10-7+/t18-/m0/s1. The summed E-state index contributed by atoms with van der Waals surface area (Å²) in [5.41, 5.74) is 0.683. The maximum Gasteiger partial charge on any atom is 0.0909 e. The van der Waals surface area contributed by atoms with Crippen molar-refractivity contribution in [1.82, 2.24) is 10.2 Å². The molecule has 116 valence electrons. The molecule has 1 atom stereocenters. The lowest BCUT2D eigenvalue weighted by atomic mass is 10.0. The largest absolute Gasteiger partial charge is 0.387 e. The van der Waals surface area contributed by atoms with Crippen LogP contribution in [0.1, 0.15) is 31.7 Å². The first-order chi connectivity index (χ1) is 10.2. The topological polar surface area (TPSA) is 35.5 Å². The second-order valence-corrected chi connectivity index (χ2v) is 6.05. The summed E-state index contributed by atoms with van der Waals surface area (Å²) in [6.45, 7) is 6.58. The number of unbranched alkanes of at least 4 members (excludes halogenated alkanes) is 1. The quantitative estimate of drug-likeness (QED) is 0.771. The average molecular weight is 288 g/mol. The molecule has 1 heterocycles. The SMILES string of the molecule is CCCCN(C/C=C/c1ccccc1)C[C@]1(O)CCNC1. The van der Waals surface area contributed by atoms with Crippen LogP contribution < -0.4 is 5.32 Å². The zero-order valence-electron chi connectivity index (χ0n) is 13.1. The van der Waals surface area contributed by atoms with Gasteiger partial charge in [0, 0.05) is 19.6 Å². The van der Waals surface area contributed by atoms with Gasteiger partial charge in [0.1, 0.15) is 0 Å². The number of β-amino-alcohol motifs (C(OH)–C–C–N with tert-alkyl or cyclic N) is 1. The predicted octanol–water partition coefficient (Wildman–Crippen LogP) is 2.53. The van der Waals surface area contributed by atoms with Crippen LogP contribution in [-0.4, -0.2) is 48.3 Å². The molecule has 21 heavy (non-hydrogen) atoms. The van der Waals surface area contributed by atoms with Gasteiger partial charge in [0.05, 0.1) is 5.60 Å². The molecule has 3 nitrogen and oxygen atoms in total. The van der Waals surface area contributed by atoms with Crippen LogP contribution in [0.5, 0.6) is 0 Å². The van der Waals surface area contributed by atoms with Crippen molar-refractivity contribution in [2.45, 2.75) is 31.8 Å². The lowest BCUT2D eigenvalue weighted by molar-refractivity contribution is 0.0239. The van der Waals surface area contributed by atoms with E-state index in [0.29, 0.717) is 0 Å².